The highest BCUT2D eigenvalue weighted by molar-refractivity contribution is 5.66. The summed E-state index contributed by atoms with van der Waals surface area (Å²) in [6, 6.07) is 0. The van der Waals surface area contributed by atoms with Gasteiger partial charge in [0.1, 0.15) is 6.10 Å². The van der Waals surface area contributed by atoms with Crippen molar-refractivity contribution in [1.82, 2.24) is 0 Å². The van der Waals surface area contributed by atoms with E-state index in [0.717, 1.165) is 12.8 Å². The maximum atomic E-state index is 10.4. The molecule has 1 heterocycles. The van der Waals surface area contributed by atoms with E-state index in [-0.39, 0.29) is 12.5 Å². The van der Waals surface area contributed by atoms with E-state index in [1.807, 2.05) is 24.3 Å². The topological polar surface area (TPSA) is 79.3 Å². The summed E-state index contributed by atoms with van der Waals surface area (Å²) in [5.41, 5.74) is 0. The molecule has 0 aromatic carbocycles. The van der Waals surface area contributed by atoms with Crippen molar-refractivity contribution < 1.29 is 24.8 Å². The van der Waals surface area contributed by atoms with E-state index in [9.17, 15) is 4.79 Å². The fourth-order valence-corrected chi connectivity index (χ4v) is 2.59. The third-order valence-corrected chi connectivity index (χ3v) is 4.15. The van der Waals surface area contributed by atoms with Gasteiger partial charge in [-0.25, -0.2) is 4.89 Å². The molecule has 0 saturated carbocycles. The lowest BCUT2D eigenvalue weighted by atomic mass is 10.1. The molecular formula is C20H32O5. The van der Waals surface area contributed by atoms with E-state index in [2.05, 4.69) is 17.9 Å². The molecule has 0 unspecified atom stereocenters. The van der Waals surface area contributed by atoms with Gasteiger partial charge in [-0.15, -0.1) is 0 Å². The van der Waals surface area contributed by atoms with Crippen LogP contribution in [-0.2, 0) is 14.4 Å². The number of epoxide rings is 1. The van der Waals surface area contributed by atoms with Crippen molar-refractivity contribution in [3.63, 3.8) is 0 Å². The highest BCUT2D eigenvalue weighted by Gasteiger charge is 2.36. The van der Waals surface area contributed by atoms with Gasteiger partial charge >= 0.3 is 5.97 Å². The molecule has 5 heteroatoms. The van der Waals surface area contributed by atoms with Gasteiger partial charge in [-0.1, -0.05) is 62.6 Å². The number of aliphatic carboxylic acids is 1. The van der Waals surface area contributed by atoms with Gasteiger partial charge in [0.25, 0.3) is 0 Å². The van der Waals surface area contributed by atoms with E-state index in [0.29, 0.717) is 25.0 Å². The van der Waals surface area contributed by atoms with E-state index in [1.165, 1.54) is 25.7 Å². The number of hydrogen-bond acceptors (Lipinski definition) is 4. The summed E-state index contributed by atoms with van der Waals surface area (Å²) < 4.78 is 5.63. The molecule has 0 radical (unpaired) electrons. The minimum Gasteiger partial charge on any atom is -0.481 e. The van der Waals surface area contributed by atoms with Crippen molar-refractivity contribution in [2.24, 2.45) is 0 Å². The number of rotatable bonds is 15. The van der Waals surface area contributed by atoms with Gasteiger partial charge in [-0.05, 0) is 32.1 Å². The third-order valence-electron chi connectivity index (χ3n) is 4.15. The maximum absolute atomic E-state index is 10.4. The van der Waals surface area contributed by atoms with Gasteiger partial charge in [0, 0.05) is 6.42 Å². The van der Waals surface area contributed by atoms with Crippen LogP contribution in [0.1, 0.15) is 64.7 Å². The maximum Gasteiger partial charge on any atom is 0.303 e. The Balaban J connectivity index is 2.10. The number of carboxylic acids is 1. The summed E-state index contributed by atoms with van der Waals surface area (Å²) in [7, 11) is 0. The largest absolute Gasteiger partial charge is 0.481 e. The minimum absolute atomic E-state index is 0.180. The molecule has 0 bridgehead atoms. The van der Waals surface area contributed by atoms with Crippen LogP contribution in [0, 0.1) is 0 Å². The molecule has 0 amide bonds. The molecule has 0 aromatic rings. The second-order valence-electron chi connectivity index (χ2n) is 6.39. The van der Waals surface area contributed by atoms with Crippen molar-refractivity contribution in [2.75, 3.05) is 0 Å². The first-order valence-electron chi connectivity index (χ1n) is 9.33. The van der Waals surface area contributed by atoms with Crippen LogP contribution in [0.25, 0.3) is 0 Å². The zero-order chi connectivity index (χ0) is 18.3. The number of allylic oxidation sites excluding steroid dienone is 3. The van der Waals surface area contributed by atoms with Crippen LogP contribution in [-0.4, -0.2) is 34.6 Å². The van der Waals surface area contributed by atoms with Crippen molar-refractivity contribution >= 4 is 5.97 Å². The van der Waals surface area contributed by atoms with Crippen molar-refractivity contribution in [2.45, 2.75) is 83.0 Å². The number of carbonyl (C=O) groups is 1. The van der Waals surface area contributed by atoms with Crippen LogP contribution in [0.2, 0.25) is 0 Å². The van der Waals surface area contributed by atoms with Crippen LogP contribution in [0.4, 0.5) is 0 Å². The molecule has 1 saturated heterocycles. The van der Waals surface area contributed by atoms with Crippen LogP contribution in [0.5, 0.6) is 0 Å². The molecule has 0 aromatic heterocycles. The van der Waals surface area contributed by atoms with Crippen LogP contribution < -0.4 is 0 Å². The average molecular weight is 352 g/mol. The second-order valence-corrected chi connectivity index (χ2v) is 6.39. The first kappa shape index (κ1) is 21.6. The summed E-state index contributed by atoms with van der Waals surface area (Å²) in [6.07, 6.45) is 19.9. The fraction of sp³-hybridized carbons (Fsp3) is 0.650. The zero-order valence-electron chi connectivity index (χ0n) is 15.2. The molecule has 25 heavy (non-hydrogen) atoms. The van der Waals surface area contributed by atoms with Gasteiger partial charge in [0.05, 0.1) is 12.2 Å². The highest BCUT2D eigenvalue weighted by atomic mass is 17.1. The fourth-order valence-electron chi connectivity index (χ4n) is 2.59. The van der Waals surface area contributed by atoms with Gasteiger partial charge in [0.15, 0.2) is 0 Å². The monoisotopic (exact) mass is 352 g/mol. The number of carboxylic acid groups (broad SMARTS) is 1. The van der Waals surface area contributed by atoms with Crippen molar-refractivity contribution in [3.8, 4) is 0 Å². The molecule has 0 spiro atoms. The Hall–Kier alpha value is -1.43. The summed E-state index contributed by atoms with van der Waals surface area (Å²) >= 11 is 0. The number of hydrogen-bond donors (Lipinski definition) is 2. The van der Waals surface area contributed by atoms with Gasteiger partial charge in [0.2, 0.25) is 0 Å². The molecular weight excluding hydrogens is 320 g/mol. The van der Waals surface area contributed by atoms with Gasteiger partial charge < -0.3 is 9.84 Å². The molecule has 3 atom stereocenters. The lowest BCUT2D eigenvalue weighted by molar-refractivity contribution is -0.264. The lowest BCUT2D eigenvalue weighted by Gasteiger charge is -2.04. The van der Waals surface area contributed by atoms with Crippen LogP contribution >= 0.6 is 0 Å². The summed E-state index contributed by atoms with van der Waals surface area (Å²) in [6.45, 7) is 2.21. The normalized spacial score (nSPS) is 21.5. The Bertz CT molecular complexity index is 441. The second kappa shape index (κ2) is 13.8. The Labute approximate surface area is 151 Å². The third kappa shape index (κ3) is 11.7. The molecule has 1 rings (SSSR count). The summed E-state index contributed by atoms with van der Waals surface area (Å²) in [5, 5.41) is 17.4. The molecule has 5 nitrogen and oxygen atoms in total. The first-order chi connectivity index (χ1) is 12.2. The Kier molecular flexibility index (Phi) is 11.9. The number of unbranched alkanes of at least 4 members (excludes halogenated alkanes) is 3. The van der Waals surface area contributed by atoms with E-state index < -0.39 is 5.97 Å². The zero-order valence-corrected chi connectivity index (χ0v) is 15.2. The SMILES string of the molecule is CCCCC[C@H]1O[C@H]1C/C=C\C=C\[C@H](C/C=C\CCCC(=O)O)OO. The highest BCUT2D eigenvalue weighted by Crippen LogP contribution is 2.30. The molecule has 1 aliphatic rings. The summed E-state index contributed by atoms with van der Waals surface area (Å²) in [5.74, 6) is -0.774. The van der Waals surface area contributed by atoms with Gasteiger partial charge in [-0.3, -0.25) is 10.1 Å². The minimum atomic E-state index is -0.774. The smallest absolute Gasteiger partial charge is 0.303 e. The Morgan fingerprint density at radius 1 is 1.16 bits per heavy atom. The predicted molar refractivity (Wildman–Crippen MR) is 98.4 cm³/mol. The van der Waals surface area contributed by atoms with Crippen molar-refractivity contribution in [3.05, 3.63) is 36.5 Å². The molecule has 1 fully saturated rings. The van der Waals surface area contributed by atoms with E-state index >= 15 is 0 Å². The average Bonchev–Trinajstić information content (AvgIpc) is 3.34. The van der Waals surface area contributed by atoms with Crippen molar-refractivity contribution in [1.29, 1.82) is 0 Å². The van der Waals surface area contributed by atoms with E-state index in [1.54, 1.807) is 6.08 Å². The van der Waals surface area contributed by atoms with Gasteiger partial charge in [-0.2, -0.15) is 0 Å². The molecule has 1 aliphatic heterocycles. The van der Waals surface area contributed by atoms with E-state index in [4.69, 9.17) is 15.1 Å². The lowest BCUT2D eigenvalue weighted by Crippen LogP contribution is -2.05. The Morgan fingerprint density at radius 3 is 2.72 bits per heavy atom. The first-order valence-corrected chi connectivity index (χ1v) is 9.33. The molecule has 142 valence electrons. The summed E-state index contributed by atoms with van der Waals surface area (Å²) in [4.78, 5) is 14.8. The quantitative estimate of drug-likeness (QED) is 0.109. The number of ether oxygens (including phenoxy) is 1. The molecule has 0 aliphatic carbocycles. The molecule has 2 N–H and O–H groups in total. The van der Waals surface area contributed by atoms with Crippen LogP contribution in [0.3, 0.4) is 0 Å². The predicted octanol–water partition coefficient (Wildman–Crippen LogP) is 4.90. The van der Waals surface area contributed by atoms with Crippen LogP contribution in [0.15, 0.2) is 36.5 Å². The standard InChI is InChI=1S/C20H32O5/c1-2-3-7-14-18-19(24-18)15-10-6-9-13-17(25-23)12-8-4-5-11-16-20(21)22/h4,6,8-10,13,17-19,23H,2-3,5,7,11-12,14-16H2,1H3,(H,21,22)/b8-4-,10-6-,13-9+/t17-,18+,19-/m0/s1. The Morgan fingerprint density at radius 2 is 2.00 bits per heavy atom.